The molecule has 0 saturated heterocycles. The van der Waals surface area contributed by atoms with E-state index in [9.17, 15) is 0 Å². The van der Waals surface area contributed by atoms with Crippen LogP contribution in [0.1, 0.15) is 38.8 Å². The fourth-order valence-corrected chi connectivity index (χ4v) is 4.38. The van der Waals surface area contributed by atoms with Crippen LogP contribution in [0.25, 0.3) is 39.6 Å². The van der Waals surface area contributed by atoms with Crippen molar-refractivity contribution < 1.29 is 0 Å². The van der Waals surface area contributed by atoms with Crippen LogP contribution in [0.2, 0.25) is 0 Å². The summed E-state index contributed by atoms with van der Waals surface area (Å²) in [5.41, 5.74) is 8.25. The number of rotatable bonds is 5. The second kappa shape index (κ2) is 9.34. The van der Waals surface area contributed by atoms with Crippen LogP contribution in [-0.2, 0) is 11.8 Å². The Morgan fingerprint density at radius 1 is 0.600 bits per heavy atom. The smallest absolute Gasteiger partial charge is 0.168 e. The molecule has 0 bridgehead atoms. The number of benzene rings is 4. The predicted octanol–water partition coefficient (Wildman–Crippen LogP) is 8.13. The third-order valence-electron chi connectivity index (χ3n) is 6.50. The maximum absolute atomic E-state index is 4.68. The van der Waals surface area contributed by atoms with Crippen LogP contribution in [0.4, 0.5) is 0 Å². The number of aromatic nitrogens is 3. The van der Waals surface area contributed by atoms with Crippen LogP contribution in [-0.4, -0.2) is 14.8 Å². The maximum Gasteiger partial charge on any atom is 0.168 e. The van der Waals surface area contributed by atoms with Crippen LogP contribution >= 0.6 is 0 Å². The fourth-order valence-electron chi connectivity index (χ4n) is 4.38. The molecule has 0 radical (unpaired) electrons. The summed E-state index contributed by atoms with van der Waals surface area (Å²) in [4.78, 5) is 0. The summed E-state index contributed by atoms with van der Waals surface area (Å²) in [5.74, 6) is 1.69. The van der Waals surface area contributed by atoms with E-state index >= 15 is 0 Å². The van der Waals surface area contributed by atoms with Crippen LogP contribution in [0.15, 0.2) is 103 Å². The summed E-state index contributed by atoms with van der Waals surface area (Å²) in [7, 11) is 0. The molecule has 0 spiro atoms. The highest BCUT2D eigenvalue weighted by atomic mass is 15.3. The molecule has 0 fully saturated rings. The highest BCUT2D eigenvalue weighted by molar-refractivity contribution is 5.71. The van der Waals surface area contributed by atoms with E-state index in [0.29, 0.717) is 0 Å². The van der Waals surface area contributed by atoms with E-state index in [1.807, 2.05) is 6.07 Å². The normalized spacial score (nSPS) is 11.5. The molecule has 3 heteroatoms. The molecule has 1 heterocycles. The van der Waals surface area contributed by atoms with Crippen molar-refractivity contribution in [1.29, 1.82) is 0 Å². The van der Waals surface area contributed by atoms with E-state index in [2.05, 4.69) is 140 Å². The zero-order valence-electron chi connectivity index (χ0n) is 20.9. The van der Waals surface area contributed by atoms with Crippen molar-refractivity contribution in [2.75, 3.05) is 0 Å². The molecule has 0 N–H and O–H groups in total. The summed E-state index contributed by atoms with van der Waals surface area (Å²) in [6.07, 6.45) is 0.979. The van der Waals surface area contributed by atoms with Gasteiger partial charge in [0, 0.05) is 16.8 Å². The molecule has 1 aromatic heterocycles. The number of hydrogen-bond donors (Lipinski definition) is 0. The van der Waals surface area contributed by atoms with E-state index in [4.69, 9.17) is 0 Å². The second-order valence-electron chi connectivity index (χ2n) is 9.98. The number of nitrogens with zero attached hydrogens (tertiary/aromatic N) is 3. The Morgan fingerprint density at radius 3 is 1.71 bits per heavy atom. The van der Waals surface area contributed by atoms with Crippen molar-refractivity contribution in [3.05, 3.63) is 114 Å². The quantitative estimate of drug-likeness (QED) is 0.267. The van der Waals surface area contributed by atoms with Crippen LogP contribution in [0.5, 0.6) is 0 Å². The molecule has 0 atom stereocenters. The van der Waals surface area contributed by atoms with Gasteiger partial charge in [-0.1, -0.05) is 119 Å². The summed E-state index contributed by atoms with van der Waals surface area (Å²) in [5, 5.41) is 9.36. The molecular formula is C32H31N3. The van der Waals surface area contributed by atoms with Crippen molar-refractivity contribution >= 4 is 0 Å². The van der Waals surface area contributed by atoms with Crippen LogP contribution in [0, 0.1) is 0 Å². The Bertz CT molecular complexity index is 1420. The van der Waals surface area contributed by atoms with Crippen LogP contribution in [0.3, 0.4) is 0 Å². The Morgan fingerprint density at radius 2 is 1.14 bits per heavy atom. The van der Waals surface area contributed by atoms with Crippen molar-refractivity contribution in [2.45, 2.75) is 39.5 Å². The molecule has 4 aromatic carbocycles. The first-order chi connectivity index (χ1) is 16.9. The van der Waals surface area contributed by atoms with Gasteiger partial charge in [-0.25, -0.2) is 0 Å². The van der Waals surface area contributed by atoms with Gasteiger partial charge in [0.05, 0.1) is 0 Å². The molecule has 0 aliphatic carbocycles. The molecule has 5 rings (SSSR count). The maximum atomic E-state index is 4.68. The molecule has 0 aliphatic heterocycles. The average molecular weight is 458 g/mol. The van der Waals surface area contributed by atoms with Gasteiger partial charge in [-0.05, 0) is 46.2 Å². The SMILES string of the molecule is CCc1cccc(-n2c(-c3ccc(-c4ccccc4)cc3)nnc2-c2ccc(C(C)(C)C)cc2)c1. The molecule has 0 amide bonds. The van der Waals surface area contributed by atoms with Crippen molar-refractivity contribution in [3.8, 4) is 39.6 Å². The van der Waals surface area contributed by atoms with Gasteiger partial charge in [-0.2, -0.15) is 0 Å². The first-order valence-electron chi connectivity index (χ1n) is 12.3. The average Bonchev–Trinajstić information content (AvgIpc) is 3.34. The Hall–Kier alpha value is -3.98. The van der Waals surface area contributed by atoms with Gasteiger partial charge in [0.2, 0.25) is 0 Å². The number of aryl methyl sites for hydroxylation is 1. The first kappa shape index (κ1) is 22.8. The van der Waals surface area contributed by atoms with E-state index in [0.717, 1.165) is 34.9 Å². The third-order valence-corrected chi connectivity index (χ3v) is 6.50. The molecule has 3 nitrogen and oxygen atoms in total. The zero-order chi connectivity index (χ0) is 24.4. The number of hydrogen-bond acceptors (Lipinski definition) is 2. The van der Waals surface area contributed by atoms with E-state index in [-0.39, 0.29) is 5.41 Å². The topological polar surface area (TPSA) is 30.7 Å². The van der Waals surface area contributed by atoms with E-state index < -0.39 is 0 Å². The predicted molar refractivity (Wildman–Crippen MR) is 146 cm³/mol. The highest BCUT2D eigenvalue weighted by Crippen LogP contribution is 2.32. The van der Waals surface area contributed by atoms with Crippen LogP contribution < -0.4 is 0 Å². The molecule has 5 aromatic rings. The molecule has 0 unspecified atom stereocenters. The lowest BCUT2D eigenvalue weighted by Gasteiger charge is -2.19. The minimum absolute atomic E-state index is 0.104. The molecule has 0 saturated carbocycles. The van der Waals surface area contributed by atoms with Gasteiger partial charge in [-0.15, -0.1) is 10.2 Å². The van der Waals surface area contributed by atoms with Gasteiger partial charge in [-0.3, -0.25) is 4.57 Å². The lowest BCUT2D eigenvalue weighted by Crippen LogP contribution is -2.10. The monoisotopic (exact) mass is 457 g/mol. The summed E-state index contributed by atoms with van der Waals surface area (Å²) < 4.78 is 2.18. The Balaban J connectivity index is 1.62. The Kier molecular flexibility index (Phi) is 6.08. The minimum atomic E-state index is 0.104. The Labute approximate surface area is 208 Å². The zero-order valence-corrected chi connectivity index (χ0v) is 20.9. The van der Waals surface area contributed by atoms with Gasteiger partial charge in [0.1, 0.15) is 0 Å². The van der Waals surface area contributed by atoms with E-state index in [1.54, 1.807) is 0 Å². The second-order valence-corrected chi connectivity index (χ2v) is 9.98. The lowest BCUT2D eigenvalue weighted by atomic mass is 9.86. The van der Waals surface area contributed by atoms with Crippen molar-refractivity contribution in [2.24, 2.45) is 0 Å². The van der Waals surface area contributed by atoms with Gasteiger partial charge >= 0.3 is 0 Å². The minimum Gasteiger partial charge on any atom is -0.275 e. The standard InChI is InChI=1S/C32H31N3/c1-5-23-10-9-13-29(22-23)35-30(26-16-14-25(15-17-26)24-11-7-6-8-12-24)33-34-31(35)27-18-20-28(21-19-27)32(2,3)4/h6-22H,5H2,1-4H3. The third kappa shape index (κ3) is 4.67. The first-order valence-corrected chi connectivity index (χ1v) is 12.3. The highest BCUT2D eigenvalue weighted by Gasteiger charge is 2.19. The largest absolute Gasteiger partial charge is 0.275 e. The van der Waals surface area contributed by atoms with E-state index in [1.165, 1.54) is 22.3 Å². The molecule has 0 aliphatic rings. The molecule has 174 valence electrons. The summed E-state index contributed by atoms with van der Waals surface area (Å²) in [6, 6.07) is 36.4. The van der Waals surface area contributed by atoms with Crippen molar-refractivity contribution in [1.82, 2.24) is 14.8 Å². The fraction of sp³-hybridized carbons (Fsp3) is 0.188. The summed E-state index contributed by atoms with van der Waals surface area (Å²) >= 11 is 0. The van der Waals surface area contributed by atoms with Gasteiger partial charge < -0.3 is 0 Å². The van der Waals surface area contributed by atoms with Gasteiger partial charge in [0.25, 0.3) is 0 Å². The lowest BCUT2D eigenvalue weighted by molar-refractivity contribution is 0.590. The van der Waals surface area contributed by atoms with Gasteiger partial charge in [0.15, 0.2) is 11.6 Å². The summed E-state index contributed by atoms with van der Waals surface area (Å²) in [6.45, 7) is 8.88. The van der Waals surface area contributed by atoms with Crippen molar-refractivity contribution in [3.63, 3.8) is 0 Å². The molecule has 35 heavy (non-hydrogen) atoms. The molecular weight excluding hydrogens is 426 g/mol.